The van der Waals surface area contributed by atoms with Gasteiger partial charge in [0.25, 0.3) is 5.24 Å². The third kappa shape index (κ3) is 2.78. The largest absolute Gasteiger partial charge is 0.474 e. The Morgan fingerprint density at radius 3 is 2.64 bits per heavy atom. The minimum atomic E-state index is -3.65. The number of fused-ring (bicyclic) bond motifs is 1. The number of carbonyl (C=O) groups excluding carboxylic acids is 1. The van der Waals surface area contributed by atoms with E-state index in [1.54, 1.807) is 0 Å². The Balaban J connectivity index is 1.99. The van der Waals surface area contributed by atoms with Gasteiger partial charge in [-0.25, -0.2) is 9.29 Å². The van der Waals surface area contributed by atoms with Crippen molar-refractivity contribution in [3.8, 4) is 5.88 Å². The van der Waals surface area contributed by atoms with Crippen LogP contribution in [-0.4, -0.2) is 49.2 Å². The van der Waals surface area contributed by atoms with Crippen LogP contribution in [0.4, 0.5) is 5.69 Å². The number of carbonyl (C=O) groups is 1. The third-order valence-electron chi connectivity index (χ3n) is 3.78. The lowest BCUT2D eigenvalue weighted by Crippen LogP contribution is -2.49. The van der Waals surface area contributed by atoms with E-state index < -0.39 is 15.5 Å². The van der Waals surface area contributed by atoms with Crippen LogP contribution in [-0.2, 0) is 10.2 Å². The molecule has 1 saturated heterocycles. The smallest absolute Gasteiger partial charge is 0.304 e. The Morgan fingerprint density at radius 2 is 1.95 bits per heavy atom. The first-order valence-electron chi connectivity index (χ1n) is 7.10. The van der Waals surface area contributed by atoms with Crippen molar-refractivity contribution >= 4 is 32.7 Å². The van der Waals surface area contributed by atoms with E-state index in [1.807, 2.05) is 0 Å². The van der Waals surface area contributed by atoms with E-state index in [4.69, 9.17) is 16.3 Å². The molecule has 3 rings (SSSR count). The molecule has 0 spiro atoms. The minimum absolute atomic E-state index is 0.143. The third-order valence-corrected chi connectivity index (χ3v) is 5.95. The molecule has 0 atom stereocenters. The van der Waals surface area contributed by atoms with Crippen LogP contribution in [0.25, 0.3) is 0 Å². The molecule has 0 unspecified atom stereocenters. The standard InChI is InChI=1S/C13H16ClN3O4S/c14-12(18)10-8-11-13(15-9-10)21-7-6-17(11)22(19,20)16-4-2-1-3-5-16/h8-9H,1-7H2. The van der Waals surface area contributed by atoms with Crippen LogP contribution >= 0.6 is 11.6 Å². The zero-order valence-corrected chi connectivity index (χ0v) is 13.4. The number of rotatable bonds is 3. The number of nitrogens with zero attached hydrogens (tertiary/aromatic N) is 3. The van der Waals surface area contributed by atoms with Crippen LogP contribution in [0.15, 0.2) is 12.3 Å². The van der Waals surface area contributed by atoms with Crippen LogP contribution in [0.3, 0.4) is 0 Å². The van der Waals surface area contributed by atoms with Crippen molar-refractivity contribution in [2.75, 3.05) is 30.5 Å². The average Bonchev–Trinajstić information content (AvgIpc) is 2.54. The number of halogens is 1. The summed E-state index contributed by atoms with van der Waals surface area (Å²) in [5, 5.41) is -0.684. The van der Waals surface area contributed by atoms with Gasteiger partial charge in [-0.2, -0.15) is 12.7 Å². The Morgan fingerprint density at radius 1 is 1.23 bits per heavy atom. The van der Waals surface area contributed by atoms with E-state index >= 15 is 0 Å². The molecule has 1 aromatic heterocycles. The molecule has 0 bridgehead atoms. The van der Waals surface area contributed by atoms with Gasteiger partial charge in [-0.05, 0) is 30.5 Å². The molecule has 2 aliphatic rings. The summed E-state index contributed by atoms with van der Waals surface area (Å²) in [6.45, 7) is 1.43. The number of hydrogen-bond acceptors (Lipinski definition) is 5. The minimum Gasteiger partial charge on any atom is -0.474 e. The molecule has 9 heteroatoms. The molecule has 0 amide bonds. The highest BCUT2D eigenvalue weighted by Gasteiger charge is 2.35. The highest BCUT2D eigenvalue weighted by molar-refractivity contribution is 7.90. The zero-order valence-electron chi connectivity index (χ0n) is 11.9. The number of hydrogen-bond donors (Lipinski definition) is 0. The maximum Gasteiger partial charge on any atom is 0.304 e. The van der Waals surface area contributed by atoms with Gasteiger partial charge in [-0.1, -0.05) is 6.42 Å². The average molecular weight is 346 g/mol. The Kier molecular flexibility index (Phi) is 4.24. The molecule has 120 valence electrons. The van der Waals surface area contributed by atoms with Crippen LogP contribution in [0.1, 0.15) is 29.6 Å². The van der Waals surface area contributed by atoms with E-state index in [2.05, 4.69) is 4.98 Å². The van der Waals surface area contributed by atoms with E-state index in [-0.39, 0.29) is 30.3 Å². The van der Waals surface area contributed by atoms with E-state index in [0.29, 0.717) is 13.1 Å². The van der Waals surface area contributed by atoms with Crippen molar-refractivity contribution in [2.24, 2.45) is 0 Å². The summed E-state index contributed by atoms with van der Waals surface area (Å²) in [4.78, 5) is 15.3. The highest BCUT2D eigenvalue weighted by Crippen LogP contribution is 2.34. The Labute approximate surface area is 134 Å². The maximum absolute atomic E-state index is 12.8. The predicted molar refractivity (Wildman–Crippen MR) is 81.6 cm³/mol. The second-order valence-corrected chi connectivity index (χ2v) is 7.41. The van der Waals surface area contributed by atoms with Gasteiger partial charge in [0.05, 0.1) is 12.1 Å². The Hall–Kier alpha value is -1.38. The molecule has 0 aromatic carbocycles. The van der Waals surface area contributed by atoms with E-state index in [1.165, 1.54) is 20.9 Å². The molecular weight excluding hydrogens is 330 g/mol. The summed E-state index contributed by atoms with van der Waals surface area (Å²) in [6, 6.07) is 1.42. The van der Waals surface area contributed by atoms with Crippen LogP contribution in [0, 0.1) is 0 Å². The van der Waals surface area contributed by atoms with Crippen molar-refractivity contribution in [3.63, 3.8) is 0 Å². The van der Waals surface area contributed by atoms with E-state index in [0.717, 1.165) is 19.3 Å². The van der Waals surface area contributed by atoms with Gasteiger partial charge < -0.3 is 4.74 Å². The lowest BCUT2D eigenvalue weighted by Gasteiger charge is -2.35. The molecule has 3 heterocycles. The molecule has 1 fully saturated rings. The van der Waals surface area contributed by atoms with Gasteiger partial charge in [0.1, 0.15) is 12.3 Å². The monoisotopic (exact) mass is 345 g/mol. The summed E-state index contributed by atoms with van der Waals surface area (Å²) in [5.41, 5.74) is 0.410. The molecule has 2 aliphatic heterocycles. The number of aromatic nitrogens is 1. The van der Waals surface area contributed by atoms with Crippen molar-refractivity contribution in [3.05, 3.63) is 17.8 Å². The van der Waals surface area contributed by atoms with Crippen molar-refractivity contribution in [2.45, 2.75) is 19.3 Å². The van der Waals surface area contributed by atoms with E-state index in [9.17, 15) is 13.2 Å². The van der Waals surface area contributed by atoms with Crippen molar-refractivity contribution < 1.29 is 17.9 Å². The molecule has 1 aromatic rings. The van der Waals surface area contributed by atoms with Crippen LogP contribution in [0.2, 0.25) is 0 Å². The molecule has 0 N–H and O–H groups in total. The lowest BCUT2D eigenvalue weighted by atomic mass is 10.2. The van der Waals surface area contributed by atoms with Gasteiger partial charge in [-0.15, -0.1) is 0 Å². The number of anilines is 1. The first-order chi connectivity index (χ1) is 10.5. The highest BCUT2D eigenvalue weighted by atomic mass is 35.5. The number of pyridine rings is 1. The zero-order chi connectivity index (χ0) is 15.7. The first-order valence-corrected chi connectivity index (χ1v) is 8.88. The fourth-order valence-corrected chi connectivity index (χ4v) is 4.44. The fraction of sp³-hybridized carbons (Fsp3) is 0.538. The topological polar surface area (TPSA) is 79.8 Å². The molecule has 22 heavy (non-hydrogen) atoms. The second-order valence-electron chi connectivity index (χ2n) is 5.21. The summed E-state index contributed by atoms with van der Waals surface area (Å²) < 4.78 is 33.8. The molecule has 0 saturated carbocycles. The molecule has 0 radical (unpaired) electrons. The van der Waals surface area contributed by atoms with Gasteiger partial charge in [0.15, 0.2) is 0 Å². The van der Waals surface area contributed by atoms with Crippen LogP contribution < -0.4 is 9.04 Å². The maximum atomic E-state index is 12.8. The molecule has 7 nitrogen and oxygen atoms in total. The fourth-order valence-electron chi connectivity index (χ4n) is 2.66. The number of ether oxygens (including phenoxy) is 1. The normalized spacial score (nSPS) is 19.4. The second kappa shape index (κ2) is 6.02. The summed E-state index contributed by atoms with van der Waals surface area (Å²) in [7, 11) is -3.65. The summed E-state index contributed by atoms with van der Waals surface area (Å²) in [6.07, 6.45) is 4.03. The lowest BCUT2D eigenvalue weighted by molar-refractivity contribution is 0.108. The molecule has 0 aliphatic carbocycles. The van der Waals surface area contributed by atoms with Crippen molar-refractivity contribution in [1.29, 1.82) is 0 Å². The number of piperidine rings is 1. The van der Waals surface area contributed by atoms with Gasteiger partial charge >= 0.3 is 10.2 Å². The van der Waals surface area contributed by atoms with Gasteiger partial charge in [0, 0.05) is 19.3 Å². The quantitative estimate of drug-likeness (QED) is 0.773. The summed E-state index contributed by atoms with van der Waals surface area (Å²) >= 11 is 5.46. The summed E-state index contributed by atoms with van der Waals surface area (Å²) in [5.74, 6) is 0.202. The van der Waals surface area contributed by atoms with Gasteiger partial charge in [-0.3, -0.25) is 4.79 Å². The molecular formula is C13H16ClN3O4S. The van der Waals surface area contributed by atoms with Crippen molar-refractivity contribution in [1.82, 2.24) is 9.29 Å². The first kappa shape index (κ1) is 15.5. The Bertz CT molecular complexity index is 689. The van der Waals surface area contributed by atoms with Crippen LogP contribution in [0.5, 0.6) is 5.88 Å². The SMILES string of the molecule is O=C(Cl)c1cnc2c(c1)N(S(=O)(=O)N1CCCCC1)CCO2. The van der Waals surface area contributed by atoms with Gasteiger partial charge in [0.2, 0.25) is 5.88 Å². The predicted octanol–water partition coefficient (Wildman–Crippen LogP) is 1.39.